The molecule has 0 aromatic heterocycles. The maximum Gasteiger partial charge on any atom is 0.0249 e. The summed E-state index contributed by atoms with van der Waals surface area (Å²) in [5.74, 6) is 0.835. The van der Waals surface area contributed by atoms with Gasteiger partial charge in [0.15, 0.2) is 0 Å². The van der Waals surface area contributed by atoms with Crippen molar-refractivity contribution in [1.29, 1.82) is 0 Å². The van der Waals surface area contributed by atoms with E-state index in [2.05, 4.69) is 41.3 Å². The smallest absolute Gasteiger partial charge is 0.0249 e. The third kappa shape index (κ3) is 2.74. The molecule has 0 spiro atoms. The Kier molecular flexibility index (Phi) is 3.43. The van der Waals surface area contributed by atoms with Gasteiger partial charge in [0.2, 0.25) is 0 Å². The normalized spacial score (nSPS) is 28.2. The molecular weight excluding hydrogens is 237 g/mol. The number of hydrogen-bond donors (Lipinski definition) is 0. The molecule has 0 aliphatic carbocycles. The van der Waals surface area contributed by atoms with E-state index in [-0.39, 0.29) is 0 Å². The Morgan fingerprint density at radius 2 is 2.30 bits per heavy atom. The van der Waals surface area contributed by atoms with E-state index in [1.165, 1.54) is 26.1 Å². The monoisotopic (exact) mass is 253 g/mol. The molecular formula is C8H16IN. The van der Waals surface area contributed by atoms with Gasteiger partial charge in [-0.2, -0.15) is 0 Å². The molecule has 0 bridgehead atoms. The number of rotatable bonds is 2. The van der Waals surface area contributed by atoms with Crippen LogP contribution in [0.4, 0.5) is 0 Å². The van der Waals surface area contributed by atoms with Gasteiger partial charge in [0.05, 0.1) is 0 Å². The summed E-state index contributed by atoms with van der Waals surface area (Å²) in [6, 6.07) is 0. The number of alkyl halides is 1. The molecule has 1 aliphatic heterocycles. The highest BCUT2D eigenvalue weighted by molar-refractivity contribution is 14.1. The Hall–Kier alpha value is 0.690. The van der Waals surface area contributed by atoms with Crippen molar-refractivity contribution in [3.05, 3.63) is 0 Å². The van der Waals surface area contributed by atoms with Gasteiger partial charge >= 0.3 is 0 Å². The van der Waals surface area contributed by atoms with E-state index < -0.39 is 0 Å². The fourth-order valence-electron chi connectivity index (χ4n) is 1.47. The minimum Gasteiger partial charge on any atom is -0.302 e. The summed E-state index contributed by atoms with van der Waals surface area (Å²) in [6.45, 7) is 8.52. The van der Waals surface area contributed by atoms with Crippen LogP contribution in [0.2, 0.25) is 0 Å². The van der Waals surface area contributed by atoms with Crippen LogP contribution in [0.5, 0.6) is 0 Å². The largest absolute Gasteiger partial charge is 0.302 e. The molecule has 0 aromatic carbocycles. The predicted octanol–water partition coefficient (Wildman–Crippen LogP) is 2.15. The Morgan fingerprint density at radius 3 is 2.70 bits per heavy atom. The Labute approximate surface area is 77.3 Å². The Morgan fingerprint density at radius 1 is 1.60 bits per heavy atom. The first-order valence-corrected chi connectivity index (χ1v) is 5.29. The third-order valence-electron chi connectivity index (χ3n) is 1.84. The molecule has 0 saturated carbocycles. The van der Waals surface area contributed by atoms with Gasteiger partial charge < -0.3 is 4.90 Å². The zero-order valence-electron chi connectivity index (χ0n) is 6.81. The molecule has 1 atom stereocenters. The van der Waals surface area contributed by atoms with Crippen LogP contribution in [0.3, 0.4) is 0 Å². The third-order valence-corrected chi connectivity index (χ3v) is 2.85. The molecule has 0 aromatic rings. The lowest BCUT2D eigenvalue weighted by molar-refractivity contribution is 0.300. The number of likely N-dealkylation sites (tertiary alicyclic amines) is 1. The summed E-state index contributed by atoms with van der Waals surface area (Å²) < 4.78 is 0.913. The van der Waals surface area contributed by atoms with Gasteiger partial charge in [0.25, 0.3) is 0 Å². The van der Waals surface area contributed by atoms with E-state index in [0.717, 1.165) is 9.84 Å². The summed E-state index contributed by atoms with van der Waals surface area (Å²) in [6.07, 6.45) is 1.40. The quantitative estimate of drug-likeness (QED) is 0.538. The second-order valence-electron chi connectivity index (χ2n) is 3.54. The molecule has 1 saturated heterocycles. The second kappa shape index (κ2) is 3.90. The average Bonchev–Trinajstić information content (AvgIpc) is 2.13. The Balaban J connectivity index is 2.18. The lowest BCUT2D eigenvalue weighted by Gasteiger charge is -2.16. The number of hydrogen-bond acceptors (Lipinski definition) is 1. The van der Waals surface area contributed by atoms with Gasteiger partial charge in [-0.1, -0.05) is 36.4 Å². The van der Waals surface area contributed by atoms with Gasteiger partial charge in [0.1, 0.15) is 0 Å². The van der Waals surface area contributed by atoms with Gasteiger partial charge in [-0.3, -0.25) is 0 Å². The van der Waals surface area contributed by atoms with E-state index in [9.17, 15) is 0 Å². The van der Waals surface area contributed by atoms with Crippen LogP contribution in [0.15, 0.2) is 0 Å². The predicted molar refractivity (Wildman–Crippen MR) is 53.7 cm³/mol. The molecule has 10 heavy (non-hydrogen) atoms. The van der Waals surface area contributed by atoms with Gasteiger partial charge in [-0.05, 0) is 18.9 Å². The van der Waals surface area contributed by atoms with E-state index >= 15 is 0 Å². The van der Waals surface area contributed by atoms with Crippen molar-refractivity contribution in [1.82, 2.24) is 4.90 Å². The zero-order chi connectivity index (χ0) is 7.56. The molecule has 1 heterocycles. The van der Waals surface area contributed by atoms with Gasteiger partial charge in [-0.25, -0.2) is 0 Å². The molecule has 1 nitrogen and oxygen atoms in total. The number of nitrogens with zero attached hydrogens (tertiary/aromatic N) is 1. The van der Waals surface area contributed by atoms with Crippen LogP contribution in [0, 0.1) is 5.92 Å². The topological polar surface area (TPSA) is 3.24 Å². The average molecular weight is 253 g/mol. The van der Waals surface area contributed by atoms with Crippen molar-refractivity contribution in [3.63, 3.8) is 0 Å². The van der Waals surface area contributed by atoms with Crippen LogP contribution in [0.25, 0.3) is 0 Å². The SMILES string of the molecule is CC(C)CN1CC[C@H](I)C1. The Bertz CT molecular complexity index is 103. The van der Waals surface area contributed by atoms with Crippen molar-refractivity contribution in [2.75, 3.05) is 19.6 Å². The van der Waals surface area contributed by atoms with Crippen molar-refractivity contribution in [2.45, 2.75) is 24.2 Å². The highest BCUT2D eigenvalue weighted by Crippen LogP contribution is 2.17. The maximum atomic E-state index is 2.57. The molecule has 2 heteroatoms. The van der Waals surface area contributed by atoms with E-state index in [1.54, 1.807) is 0 Å². The van der Waals surface area contributed by atoms with E-state index in [1.807, 2.05) is 0 Å². The van der Waals surface area contributed by atoms with Crippen molar-refractivity contribution < 1.29 is 0 Å². The molecule has 1 fully saturated rings. The molecule has 1 aliphatic rings. The standard InChI is InChI=1S/C8H16IN/c1-7(2)5-10-4-3-8(9)6-10/h7-8H,3-6H2,1-2H3/t8-/m0/s1. The van der Waals surface area contributed by atoms with Gasteiger partial charge in [0, 0.05) is 17.0 Å². The van der Waals surface area contributed by atoms with Crippen molar-refractivity contribution >= 4 is 22.6 Å². The highest BCUT2D eigenvalue weighted by atomic mass is 127. The molecule has 1 rings (SSSR count). The van der Waals surface area contributed by atoms with Crippen LogP contribution >= 0.6 is 22.6 Å². The van der Waals surface area contributed by atoms with Gasteiger partial charge in [-0.15, -0.1) is 0 Å². The summed E-state index contributed by atoms with van der Waals surface area (Å²) in [7, 11) is 0. The molecule has 0 radical (unpaired) electrons. The van der Waals surface area contributed by atoms with E-state index in [4.69, 9.17) is 0 Å². The first-order chi connectivity index (χ1) is 4.68. The molecule has 0 unspecified atom stereocenters. The van der Waals surface area contributed by atoms with Crippen LogP contribution in [-0.2, 0) is 0 Å². The first kappa shape index (κ1) is 8.78. The lowest BCUT2D eigenvalue weighted by Crippen LogP contribution is -2.25. The van der Waals surface area contributed by atoms with Crippen molar-refractivity contribution in [3.8, 4) is 0 Å². The first-order valence-electron chi connectivity index (χ1n) is 4.05. The maximum absolute atomic E-state index is 2.57. The van der Waals surface area contributed by atoms with Crippen molar-refractivity contribution in [2.24, 2.45) is 5.92 Å². The van der Waals surface area contributed by atoms with E-state index in [0.29, 0.717) is 0 Å². The summed E-state index contributed by atoms with van der Waals surface area (Å²) >= 11 is 2.55. The summed E-state index contributed by atoms with van der Waals surface area (Å²) in [5.41, 5.74) is 0. The second-order valence-corrected chi connectivity index (χ2v) is 5.30. The van der Waals surface area contributed by atoms with Crippen LogP contribution in [-0.4, -0.2) is 28.5 Å². The molecule has 60 valence electrons. The fraction of sp³-hybridized carbons (Fsp3) is 1.00. The summed E-state index contributed by atoms with van der Waals surface area (Å²) in [5, 5.41) is 0. The summed E-state index contributed by atoms with van der Waals surface area (Å²) in [4.78, 5) is 2.57. The minimum atomic E-state index is 0.835. The molecule has 0 N–H and O–H groups in total. The lowest BCUT2D eigenvalue weighted by atomic mass is 10.2. The molecule has 0 amide bonds. The fourth-order valence-corrected chi connectivity index (χ4v) is 2.30. The van der Waals surface area contributed by atoms with Crippen LogP contribution in [0.1, 0.15) is 20.3 Å². The number of halogens is 1. The minimum absolute atomic E-state index is 0.835. The van der Waals surface area contributed by atoms with Crippen LogP contribution < -0.4 is 0 Å². The zero-order valence-corrected chi connectivity index (χ0v) is 8.97. The highest BCUT2D eigenvalue weighted by Gasteiger charge is 2.19.